The maximum absolute atomic E-state index is 5.94. The zero-order chi connectivity index (χ0) is 17.6. The average molecular weight is 469 g/mol. The fourth-order valence-electron chi connectivity index (χ4n) is 4.39. The van der Waals surface area contributed by atoms with Crippen molar-refractivity contribution in [2.45, 2.75) is 44.8 Å². The minimum atomic E-state index is -0.0143. The Morgan fingerprint density at radius 3 is 2.77 bits per heavy atom. The lowest BCUT2D eigenvalue weighted by atomic mass is 9.78. The van der Waals surface area contributed by atoms with Crippen molar-refractivity contribution in [2.24, 2.45) is 5.41 Å². The first kappa shape index (κ1) is 17.1. The highest BCUT2D eigenvalue weighted by molar-refractivity contribution is 14.1. The summed E-state index contributed by atoms with van der Waals surface area (Å²) in [6, 6.07) is 0. The quantitative estimate of drug-likeness (QED) is 0.630. The maximum atomic E-state index is 5.94. The van der Waals surface area contributed by atoms with Crippen molar-refractivity contribution in [1.29, 1.82) is 0 Å². The summed E-state index contributed by atoms with van der Waals surface area (Å²) < 4.78 is 14.4. The summed E-state index contributed by atoms with van der Waals surface area (Å²) in [7, 11) is 0. The number of hydrogen-bond donors (Lipinski definition) is 0. The number of piperidine rings is 1. The first-order valence-corrected chi connectivity index (χ1v) is 10.7. The fraction of sp³-hybridized carbons (Fsp3) is 0.722. The molecule has 0 saturated carbocycles. The Kier molecular flexibility index (Phi) is 4.52. The van der Waals surface area contributed by atoms with Crippen LogP contribution in [0.2, 0.25) is 0 Å². The minimum Gasteiger partial charge on any atom is -0.381 e. The first-order valence-electron chi connectivity index (χ1n) is 9.59. The van der Waals surface area contributed by atoms with Crippen molar-refractivity contribution in [2.75, 3.05) is 37.8 Å². The van der Waals surface area contributed by atoms with E-state index in [4.69, 9.17) is 14.5 Å². The molecule has 140 valence electrons. The number of anilines is 1. The van der Waals surface area contributed by atoms with Crippen molar-refractivity contribution in [3.63, 3.8) is 0 Å². The fourth-order valence-corrected chi connectivity index (χ4v) is 5.00. The van der Waals surface area contributed by atoms with E-state index >= 15 is 0 Å². The lowest BCUT2D eigenvalue weighted by Gasteiger charge is -2.38. The van der Waals surface area contributed by atoms with Crippen molar-refractivity contribution in [3.8, 4) is 0 Å². The summed E-state index contributed by atoms with van der Waals surface area (Å²) in [5.74, 6) is 0.958. The molecule has 0 aliphatic carbocycles. The number of rotatable bonds is 2. The molecule has 3 aliphatic rings. The SMILES string of the molecule is Ic1nn(C2CCCCO2)c2nc(N3CCC4(CCOC4)CC3)cnc12. The molecule has 2 aromatic rings. The van der Waals surface area contributed by atoms with Crippen LogP contribution in [0.5, 0.6) is 0 Å². The van der Waals surface area contributed by atoms with Gasteiger partial charge in [-0.2, -0.15) is 5.10 Å². The number of fused-ring (bicyclic) bond motifs is 1. The average Bonchev–Trinajstić information content (AvgIpc) is 3.28. The highest BCUT2D eigenvalue weighted by atomic mass is 127. The van der Waals surface area contributed by atoms with E-state index in [0.717, 1.165) is 66.4 Å². The zero-order valence-electron chi connectivity index (χ0n) is 14.9. The number of halogens is 1. The molecule has 0 radical (unpaired) electrons. The Morgan fingerprint density at radius 1 is 1.15 bits per heavy atom. The zero-order valence-corrected chi connectivity index (χ0v) is 17.0. The molecule has 8 heteroatoms. The lowest BCUT2D eigenvalue weighted by Crippen LogP contribution is -2.40. The molecule has 1 unspecified atom stereocenters. The van der Waals surface area contributed by atoms with E-state index in [0.29, 0.717) is 5.41 Å². The molecule has 1 atom stereocenters. The van der Waals surface area contributed by atoms with Gasteiger partial charge in [-0.3, -0.25) is 0 Å². The van der Waals surface area contributed by atoms with Gasteiger partial charge in [-0.1, -0.05) is 0 Å². The van der Waals surface area contributed by atoms with Crippen LogP contribution in [0, 0.1) is 9.12 Å². The van der Waals surface area contributed by atoms with Crippen LogP contribution in [0.3, 0.4) is 0 Å². The molecule has 26 heavy (non-hydrogen) atoms. The molecule has 7 nitrogen and oxygen atoms in total. The van der Waals surface area contributed by atoms with E-state index in [1.54, 1.807) is 0 Å². The Hall–Kier alpha value is -1.00. The molecule has 3 fully saturated rings. The highest BCUT2D eigenvalue weighted by Crippen LogP contribution is 2.40. The third-order valence-corrected chi connectivity index (χ3v) is 6.84. The van der Waals surface area contributed by atoms with Crippen LogP contribution in [-0.2, 0) is 9.47 Å². The molecule has 0 bridgehead atoms. The van der Waals surface area contributed by atoms with Gasteiger partial charge in [0.05, 0.1) is 12.8 Å². The summed E-state index contributed by atoms with van der Waals surface area (Å²) >= 11 is 2.25. The van der Waals surface area contributed by atoms with Crippen molar-refractivity contribution >= 4 is 39.6 Å². The summed E-state index contributed by atoms with van der Waals surface area (Å²) in [4.78, 5) is 12.0. The second-order valence-electron chi connectivity index (χ2n) is 7.75. The van der Waals surface area contributed by atoms with Gasteiger partial charge in [0.25, 0.3) is 0 Å². The van der Waals surface area contributed by atoms with E-state index in [9.17, 15) is 0 Å². The van der Waals surface area contributed by atoms with Gasteiger partial charge in [-0.15, -0.1) is 0 Å². The van der Waals surface area contributed by atoms with E-state index in [-0.39, 0.29) is 6.23 Å². The Morgan fingerprint density at radius 2 is 2.04 bits per heavy atom. The maximum Gasteiger partial charge on any atom is 0.182 e. The van der Waals surface area contributed by atoms with Gasteiger partial charge < -0.3 is 14.4 Å². The monoisotopic (exact) mass is 469 g/mol. The lowest BCUT2D eigenvalue weighted by molar-refractivity contribution is -0.0372. The summed E-state index contributed by atoms with van der Waals surface area (Å²) in [6.45, 7) is 4.69. The van der Waals surface area contributed by atoms with Crippen molar-refractivity contribution in [3.05, 3.63) is 9.90 Å². The normalized spacial score (nSPS) is 26.0. The number of hydrogen-bond acceptors (Lipinski definition) is 6. The van der Waals surface area contributed by atoms with Gasteiger partial charge in [0, 0.05) is 26.3 Å². The molecule has 5 heterocycles. The standard InChI is InChI=1S/C18H24IN5O2/c19-16-15-17(24(22-16)14-3-1-2-9-26-14)21-13(11-20-15)23-7-4-18(5-8-23)6-10-25-12-18/h11,14H,1-10,12H2. The van der Waals surface area contributed by atoms with E-state index < -0.39 is 0 Å². The third kappa shape index (κ3) is 2.99. The third-order valence-electron chi connectivity index (χ3n) is 6.11. The first-order chi connectivity index (χ1) is 12.7. The molecule has 0 aromatic carbocycles. The van der Waals surface area contributed by atoms with Crippen LogP contribution < -0.4 is 4.90 Å². The highest BCUT2D eigenvalue weighted by Gasteiger charge is 2.38. The Balaban J connectivity index is 1.42. The van der Waals surface area contributed by atoms with Crippen LogP contribution in [-0.4, -0.2) is 52.7 Å². The van der Waals surface area contributed by atoms with E-state index in [2.05, 4.69) is 37.6 Å². The molecule has 1 spiro atoms. The predicted molar refractivity (Wildman–Crippen MR) is 106 cm³/mol. The molecule has 0 amide bonds. The molecule has 3 aliphatic heterocycles. The van der Waals surface area contributed by atoms with Crippen LogP contribution in [0.25, 0.3) is 11.2 Å². The van der Waals surface area contributed by atoms with Crippen LogP contribution in [0.1, 0.15) is 44.8 Å². The van der Waals surface area contributed by atoms with Crippen molar-refractivity contribution < 1.29 is 9.47 Å². The predicted octanol–water partition coefficient (Wildman–Crippen LogP) is 3.14. The molecule has 3 saturated heterocycles. The smallest absolute Gasteiger partial charge is 0.182 e. The largest absolute Gasteiger partial charge is 0.381 e. The van der Waals surface area contributed by atoms with Crippen LogP contribution in [0.15, 0.2) is 6.20 Å². The van der Waals surface area contributed by atoms with E-state index in [1.165, 1.54) is 25.7 Å². The van der Waals surface area contributed by atoms with Gasteiger partial charge in [0.2, 0.25) is 0 Å². The topological polar surface area (TPSA) is 65.3 Å². The van der Waals surface area contributed by atoms with Crippen LogP contribution >= 0.6 is 22.6 Å². The minimum absolute atomic E-state index is 0.0143. The molecule has 5 rings (SSSR count). The molecule has 0 N–H and O–H groups in total. The van der Waals surface area contributed by atoms with Gasteiger partial charge in [-0.25, -0.2) is 14.6 Å². The molecular weight excluding hydrogens is 445 g/mol. The Bertz CT molecular complexity index is 788. The van der Waals surface area contributed by atoms with E-state index in [1.807, 2.05) is 10.9 Å². The summed E-state index contributed by atoms with van der Waals surface area (Å²) in [5, 5.41) is 4.68. The Labute approximate surface area is 166 Å². The van der Waals surface area contributed by atoms with Crippen LogP contribution in [0.4, 0.5) is 5.82 Å². The molecular formula is C18H24IN5O2. The number of ether oxygens (including phenoxy) is 2. The van der Waals surface area contributed by atoms with Gasteiger partial charge >= 0.3 is 0 Å². The van der Waals surface area contributed by atoms with Gasteiger partial charge in [-0.05, 0) is 66.5 Å². The molecule has 2 aromatic heterocycles. The van der Waals surface area contributed by atoms with Gasteiger partial charge in [0.15, 0.2) is 15.6 Å². The summed E-state index contributed by atoms with van der Waals surface area (Å²) in [5.41, 5.74) is 2.13. The number of nitrogens with zero attached hydrogens (tertiary/aromatic N) is 5. The van der Waals surface area contributed by atoms with Gasteiger partial charge in [0.1, 0.15) is 11.3 Å². The second-order valence-corrected chi connectivity index (χ2v) is 8.77. The van der Waals surface area contributed by atoms with Crippen molar-refractivity contribution in [1.82, 2.24) is 19.7 Å². The number of aromatic nitrogens is 4. The summed E-state index contributed by atoms with van der Waals surface area (Å²) in [6.07, 6.45) is 8.74. The second kappa shape index (κ2) is 6.87.